The SMILES string of the molecule is COCCNCC(=O)Nc1ccc(NC(=O)CCN(C)C)cc1. The van der Waals surface area contributed by atoms with E-state index in [-0.39, 0.29) is 18.4 Å². The van der Waals surface area contributed by atoms with Crippen LogP contribution in [0, 0.1) is 0 Å². The Hall–Kier alpha value is -1.96. The number of carbonyl (C=O) groups is 2. The smallest absolute Gasteiger partial charge is 0.238 e. The minimum Gasteiger partial charge on any atom is -0.383 e. The molecule has 0 aliphatic rings. The largest absolute Gasteiger partial charge is 0.383 e. The Morgan fingerprint density at radius 2 is 1.61 bits per heavy atom. The van der Waals surface area contributed by atoms with Crippen LogP contribution in [0.25, 0.3) is 0 Å². The van der Waals surface area contributed by atoms with E-state index in [9.17, 15) is 9.59 Å². The van der Waals surface area contributed by atoms with E-state index in [1.807, 2.05) is 19.0 Å². The molecule has 2 amide bonds. The predicted octanol–water partition coefficient (Wildman–Crippen LogP) is 0.751. The van der Waals surface area contributed by atoms with Gasteiger partial charge in [0, 0.05) is 38.0 Å². The monoisotopic (exact) mass is 322 g/mol. The third kappa shape index (κ3) is 8.92. The van der Waals surface area contributed by atoms with Crippen molar-refractivity contribution >= 4 is 23.2 Å². The number of benzene rings is 1. The lowest BCUT2D eigenvalue weighted by Crippen LogP contribution is -2.30. The van der Waals surface area contributed by atoms with Crippen molar-refractivity contribution in [3.05, 3.63) is 24.3 Å². The first-order chi connectivity index (χ1) is 11.0. The average molecular weight is 322 g/mol. The summed E-state index contributed by atoms with van der Waals surface area (Å²) >= 11 is 0. The fraction of sp³-hybridized carbons (Fsp3) is 0.500. The molecule has 0 radical (unpaired) electrons. The number of rotatable bonds is 10. The zero-order chi connectivity index (χ0) is 17.1. The van der Waals surface area contributed by atoms with Gasteiger partial charge in [0.05, 0.1) is 13.2 Å². The van der Waals surface area contributed by atoms with Gasteiger partial charge in [-0.05, 0) is 38.4 Å². The minimum absolute atomic E-state index is 0.0298. The van der Waals surface area contributed by atoms with Gasteiger partial charge in [-0.2, -0.15) is 0 Å². The summed E-state index contributed by atoms with van der Waals surface area (Å²) in [4.78, 5) is 25.4. The number of nitrogens with zero attached hydrogens (tertiary/aromatic N) is 1. The third-order valence-corrected chi connectivity index (χ3v) is 3.01. The number of methoxy groups -OCH3 is 1. The molecule has 1 aromatic carbocycles. The van der Waals surface area contributed by atoms with Crippen LogP contribution in [0.4, 0.5) is 11.4 Å². The first-order valence-electron chi connectivity index (χ1n) is 7.55. The third-order valence-electron chi connectivity index (χ3n) is 3.01. The molecule has 1 aromatic rings. The van der Waals surface area contributed by atoms with E-state index >= 15 is 0 Å². The second kappa shape index (κ2) is 10.7. The fourth-order valence-corrected chi connectivity index (χ4v) is 1.77. The van der Waals surface area contributed by atoms with Gasteiger partial charge in [-0.15, -0.1) is 0 Å². The van der Waals surface area contributed by atoms with Gasteiger partial charge >= 0.3 is 0 Å². The summed E-state index contributed by atoms with van der Waals surface area (Å²) in [5.41, 5.74) is 1.40. The molecule has 1 rings (SSSR count). The lowest BCUT2D eigenvalue weighted by molar-refractivity contribution is -0.116. The highest BCUT2D eigenvalue weighted by atomic mass is 16.5. The molecular formula is C16H26N4O3. The topological polar surface area (TPSA) is 82.7 Å². The zero-order valence-electron chi connectivity index (χ0n) is 14.0. The number of carbonyl (C=O) groups excluding carboxylic acids is 2. The number of nitrogens with one attached hydrogen (secondary N) is 3. The summed E-state index contributed by atoms with van der Waals surface area (Å²) in [6.45, 7) is 2.12. The van der Waals surface area contributed by atoms with Gasteiger partial charge in [0.25, 0.3) is 0 Å². The van der Waals surface area contributed by atoms with Crippen LogP contribution in [-0.2, 0) is 14.3 Å². The van der Waals surface area contributed by atoms with Crippen molar-refractivity contribution in [2.75, 3.05) is 58.1 Å². The average Bonchev–Trinajstić information content (AvgIpc) is 2.51. The molecule has 7 heteroatoms. The highest BCUT2D eigenvalue weighted by molar-refractivity contribution is 5.93. The van der Waals surface area contributed by atoms with Crippen LogP contribution in [0.5, 0.6) is 0 Å². The summed E-state index contributed by atoms with van der Waals surface area (Å²) < 4.78 is 4.89. The molecule has 0 aliphatic heterocycles. The first-order valence-corrected chi connectivity index (χ1v) is 7.55. The Kier molecular flexibility index (Phi) is 8.89. The zero-order valence-corrected chi connectivity index (χ0v) is 14.0. The van der Waals surface area contributed by atoms with Crippen molar-refractivity contribution in [2.45, 2.75) is 6.42 Å². The Morgan fingerprint density at radius 1 is 1.04 bits per heavy atom. The minimum atomic E-state index is -0.121. The number of ether oxygens (including phenoxy) is 1. The Balaban J connectivity index is 2.35. The number of hydrogen-bond acceptors (Lipinski definition) is 5. The van der Waals surface area contributed by atoms with E-state index in [4.69, 9.17) is 4.74 Å². The van der Waals surface area contributed by atoms with E-state index in [0.29, 0.717) is 37.5 Å². The normalized spacial score (nSPS) is 10.6. The van der Waals surface area contributed by atoms with Gasteiger partial charge in [0.15, 0.2) is 0 Å². The molecule has 0 heterocycles. The molecule has 0 fully saturated rings. The van der Waals surface area contributed by atoms with Crippen molar-refractivity contribution in [2.24, 2.45) is 0 Å². The molecule has 23 heavy (non-hydrogen) atoms. The van der Waals surface area contributed by atoms with Gasteiger partial charge in [0.1, 0.15) is 0 Å². The molecule has 0 aromatic heterocycles. The van der Waals surface area contributed by atoms with E-state index in [2.05, 4.69) is 16.0 Å². The Morgan fingerprint density at radius 3 is 2.13 bits per heavy atom. The molecule has 0 bridgehead atoms. The molecule has 128 valence electrons. The number of anilines is 2. The second-order valence-electron chi connectivity index (χ2n) is 5.40. The second-order valence-corrected chi connectivity index (χ2v) is 5.40. The van der Waals surface area contributed by atoms with E-state index in [0.717, 1.165) is 0 Å². The van der Waals surface area contributed by atoms with Gasteiger partial charge in [-0.1, -0.05) is 0 Å². The van der Waals surface area contributed by atoms with Crippen LogP contribution in [-0.4, -0.2) is 64.2 Å². The van der Waals surface area contributed by atoms with Gasteiger partial charge < -0.3 is 25.6 Å². The Labute approximate surface area is 137 Å². The van der Waals surface area contributed by atoms with Crippen LogP contribution in [0.15, 0.2) is 24.3 Å². The fourth-order valence-electron chi connectivity index (χ4n) is 1.77. The van der Waals surface area contributed by atoms with E-state index in [1.54, 1.807) is 31.4 Å². The van der Waals surface area contributed by atoms with Crippen LogP contribution in [0.1, 0.15) is 6.42 Å². The highest BCUT2D eigenvalue weighted by Crippen LogP contribution is 2.13. The molecule has 0 spiro atoms. The van der Waals surface area contributed by atoms with Crippen molar-refractivity contribution in [1.29, 1.82) is 0 Å². The van der Waals surface area contributed by atoms with Crippen LogP contribution in [0.3, 0.4) is 0 Å². The lowest BCUT2D eigenvalue weighted by Gasteiger charge is -2.10. The first kappa shape index (κ1) is 19.1. The highest BCUT2D eigenvalue weighted by Gasteiger charge is 2.04. The maximum absolute atomic E-state index is 11.7. The molecule has 7 nitrogen and oxygen atoms in total. The van der Waals surface area contributed by atoms with Crippen molar-refractivity contribution in [3.8, 4) is 0 Å². The summed E-state index contributed by atoms with van der Waals surface area (Å²) in [7, 11) is 5.46. The van der Waals surface area contributed by atoms with Crippen molar-refractivity contribution < 1.29 is 14.3 Å². The van der Waals surface area contributed by atoms with Crippen molar-refractivity contribution in [1.82, 2.24) is 10.2 Å². The standard InChI is InChI=1S/C16H26N4O3/c1-20(2)10-8-15(21)18-13-4-6-14(7-5-13)19-16(22)12-17-9-11-23-3/h4-7,17H,8-12H2,1-3H3,(H,18,21)(H,19,22). The van der Waals surface area contributed by atoms with Crippen LogP contribution in [0.2, 0.25) is 0 Å². The maximum atomic E-state index is 11.7. The molecule has 0 aliphatic carbocycles. The van der Waals surface area contributed by atoms with Gasteiger partial charge in [0.2, 0.25) is 11.8 Å². The molecule has 0 atom stereocenters. The summed E-state index contributed by atoms with van der Waals surface area (Å²) in [6, 6.07) is 7.05. The summed E-state index contributed by atoms with van der Waals surface area (Å²) in [6.07, 6.45) is 0.443. The predicted molar refractivity (Wildman–Crippen MR) is 91.6 cm³/mol. The number of hydrogen-bond donors (Lipinski definition) is 3. The van der Waals surface area contributed by atoms with Crippen LogP contribution < -0.4 is 16.0 Å². The summed E-state index contributed by atoms with van der Waals surface area (Å²) in [5.74, 6) is -0.151. The molecule has 0 saturated heterocycles. The molecular weight excluding hydrogens is 296 g/mol. The quantitative estimate of drug-likeness (QED) is 0.554. The van der Waals surface area contributed by atoms with Crippen molar-refractivity contribution in [3.63, 3.8) is 0 Å². The number of amides is 2. The van der Waals surface area contributed by atoms with Gasteiger partial charge in [-0.25, -0.2) is 0 Å². The molecule has 0 unspecified atom stereocenters. The van der Waals surface area contributed by atoms with Gasteiger partial charge in [-0.3, -0.25) is 9.59 Å². The van der Waals surface area contributed by atoms with E-state index < -0.39 is 0 Å². The molecule has 3 N–H and O–H groups in total. The van der Waals surface area contributed by atoms with Crippen LogP contribution >= 0.6 is 0 Å². The van der Waals surface area contributed by atoms with E-state index in [1.165, 1.54) is 0 Å². The summed E-state index contributed by atoms with van der Waals surface area (Å²) in [5, 5.41) is 8.57. The maximum Gasteiger partial charge on any atom is 0.238 e. The lowest BCUT2D eigenvalue weighted by atomic mass is 10.2. The molecule has 0 saturated carbocycles. The Bertz CT molecular complexity index is 489.